The summed E-state index contributed by atoms with van der Waals surface area (Å²) >= 11 is 26.9. The molecule has 0 radical (unpaired) electrons. The van der Waals surface area contributed by atoms with E-state index in [0.717, 1.165) is 5.56 Å². The first-order valence-electron chi connectivity index (χ1n) is 30.0. The fourth-order valence-electron chi connectivity index (χ4n) is 8.96. The molecule has 111 heavy (non-hydrogen) atoms. The fraction of sp³-hybridized carbons (Fsp3) is 0.138. The topological polar surface area (TPSA) is 392 Å². The first-order valence-corrected chi connectivity index (χ1v) is 32.5. The van der Waals surface area contributed by atoms with Crippen LogP contribution in [0.4, 0.5) is 5.82 Å². The minimum Gasteiger partial charge on any atom is -0.870 e. The number of phenols is 2. The zero-order chi connectivity index (χ0) is 73.5. The van der Waals surface area contributed by atoms with Gasteiger partial charge in [-0.2, -0.15) is 15.0 Å². The zero-order valence-corrected chi connectivity index (χ0v) is 59.6. The Morgan fingerprint density at radius 2 is 0.775 bits per heavy atom. The summed E-state index contributed by atoms with van der Waals surface area (Å²) in [6.45, 7) is 0. The van der Waals surface area contributed by atoms with Gasteiger partial charge in [-0.1, -0.05) is 198 Å². The number of alkyl halides is 1. The van der Waals surface area contributed by atoms with Crippen molar-refractivity contribution in [3.63, 3.8) is 0 Å². The summed E-state index contributed by atoms with van der Waals surface area (Å²) in [5, 5.41) is 47.2. The number of carboxylic acid groups (broad SMARTS) is 2. The first-order chi connectivity index (χ1) is 49.7. The van der Waals surface area contributed by atoms with Gasteiger partial charge in [-0.05, 0) is 127 Å². The monoisotopic (exact) mass is 1650 g/mol. The van der Waals surface area contributed by atoms with E-state index in [1.54, 1.807) is 152 Å². The van der Waals surface area contributed by atoms with Gasteiger partial charge in [-0.25, -0.2) is 34.3 Å². The van der Waals surface area contributed by atoms with Crippen LogP contribution in [0.15, 0.2) is 250 Å². The van der Waals surface area contributed by atoms with E-state index in [4.69, 9.17) is 94.9 Å². The summed E-state index contributed by atoms with van der Waals surface area (Å²) < 4.78 is 38.4. The Morgan fingerprint density at radius 3 is 1.14 bits per heavy atom. The minimum absolute atomic E-state index is 0. The molecule has 0 spiro atoms. The predicted molar refractivity (Wildman–Crippen MR) is 431 cm³/mol. The maximum absolute atomic E-state index is 12.4. The molecule has 0 amide bonds. The first kappa shape index (κ1) is 97.4. The van der Waals surface area contributed by atoms with Crippen LogP contribution in [0.5, 0.6) is 28.7 Å². The number of methoxy groups -OCH3 is 2. The Balaban J connectivity index is 0.000000689. The Bertz CT molecular complexity index is 5110. The number of aromatic nitrogens is 7. The number of benzene rings is 7. The molecule has 7 heterocycles. The van der Waals surface area contributed by atoms with Crippen molar-refractivity contribution in [3.05, 3.63) is 279 Å². The smallest absolute Gasteiger partial charge is 0.870 e. The van der Waals surface area contributed by atoms with Crippen molar-refractivity contribution in [2.45, 2.75) is 61.6 Å². The van der Waals surface area contributed by atoms with Crippen LogP contribution in [0.3, 0.4) is 0 Å². The van der Waals surface area contributed by atoms with Crippen LogP contribution in [0, 0.1) is 0 Å². The van der Waals surface area contributed by atoms with Crippen LogP contribution in [-0.2, 0) is 23.9 Å². The number of phenolic OH excluding ortho intramolecular Hbond substituents is 1. The standard InChI is InChI=1S/C21H15ClN2O4.C20H13ClN2O4.C12H7ClN2O2.C9H9BrO2.C7H5ClO3.C5H6N2O.6CH4.Li.H2O/c1-26-21(25)18(13-6-3-2-4-7-13)27-16-10-9-14(22)12-15(16)20-24-19-17(28-20)8-5-11-23-19;21-13-8-9-15(26-17(20(24)25)12-5-2-1-3-6-12)14(11-13)19-23-18-16(27-19)7-4-10-22-18;13-7-3-4-9(16)8(6-7)12-15-11-10(17-12)2-1-5-14-11;1-12-9(11)8(10)7-5-3-2-4-6-7;8-4-1-2-6(9)5(3-4)7(10)11;6-5-4(8)2-1-3-7-5;;;;;;;;/h2-12,18H,1H3;1-11,17H,(H,24,25);1-6,16H;2-6,8H,1H3;1-3,9H,(H,10,11);1-3,8H,(H2,6,7);6*1H4;;1H2/q;;;;;;;;;;;;+1;/p-1. The van der Waals surface area contributed by atoms with Gasteiger partial charge in [0.05, 0.1) is 30.9 Å². The molecule has 8 N–H and O–H groups in total. The van der Waals surface area contributed by atoms with Crippen molar-refractivity contribution < 1.29 is 101 Å². The molecule has 3 atom stereocenters. The molecule has 14 rings (SSSR count). The molecule has 7 aromatic carbocycles. The van der Waals surface area contributed by atoms with E-state index < -0.39 is 30.1 Å². The van der Waals surface area contributed by atoms with Gasteiger partial charge in [0.2, 0.25) is 29.9 Å². The number of nitrogens with two attached hydrogens (primary N) is 1. The van der Waals surface area contributed by atoms with Crippen molar-refractivity contribution >= 4 is 126 Å². The molecule has 25 nitrogen and oxygen atoms in total. The molecule has 578 valence electrons. The van der Waals surface area contributed by atoms with E-state index in [1.165, 1.54) is 50.7 Å². The summed E-state index contributed by atoms with van der Waals surface area (Å²) in [5.41, 5.74) is 11.5. The number of hydrogen-bond acceptors (Lipinski definition) is 23. The molecule has 0 aliphatic carbocycles. The van der Waals surface area contributed by atoms with Crippen LogP contribution in [0.25, 0.3) is 68.1 Å². The maximum Gasteiger partial charge on any atom is 1.00 e. The molecular weight excluding hydrogens is 1570 g/mol. The van der Waals surface area contributed by atoms with Crippen molar-refractivity contribution in [2.75, 3.05) is 20.0 Å². The Morgan fingerprint density at radius 1 is 0.423 bits per heavy atom. The number of aliphatic carboxylic acids is 1. The second kappa shape index (κ2) is 47.4. The number of nitrogen functional groups attached to an aromatic ring is 1. The third-order valence-electron chi connectivity index (χ3n) is 13.9. The molecular formula is C80H80BrCl4LiN8O17. The number of halogens is 5. The molecule has 0 aliphatic heterocycles. The number of carbonyl (C=O) groups is 4. The number of anilines is 1. The van der Waals surface area contributed by atoms with Crippen molar-refractivity contribution in [3.8, 4) is 63.1 Å². The second-order valence-electron chi connectivity index (χ2n) is 20.8. The number of aromatic hydroxyl groups is 3. The van der Waals surface area contributed by atoms with Crippen LogP contribution in [0.2, 0.25) is 20.1 Å². The maximum atomic E-state index is 12.4. The van der Waals surface area contributed by atoms with E-state index in [2.05, 4.69) is 55.6 Å². The average Bonchev–Trinajstić information content (AvgIpc) is 1.71. The van der Waals surface area contributed by atoms with Crippen molar-refractivity contribution in [1.29, 1.82) is 0 Å². The molecule has 0 saturated heterocycles. The molecule has 0 aliphatic rings. The van der Waals surface area contributed by atoms with E-state index in [0.29, 0.717) is 105 Å². The number of esters is 2. The summed E-state index contributed by atoms with van der Waals surface area (Å²) in [4.78, 5) is 74.1. The average molecular weight is 1650 g/mol. The van der Waals surface area contributed by atoms with Crippen LogP contribution in [0.1, 0.15) is 88.6 Å². The van der Waals surface area contributed by atoms with Gasteiger partial charge in [0.1, 0.15) is 33.4 Å². The number of rotatable bonds is 14. The molecule has 14 aromatic rings. The normalized spacial score (nSPS) is 10.5. The van der Waals surface area contributed by atoms with Crippen LogP contribution in [-0.4, -0.2) is 104 Å². The van der Waals surface area contributed by atoms with Gasteiger partial charge < -0.3 is 68.9 Å². The summed E-state index contributed by atoms with van der Waals surface area (Å²) in [5.74, 6) is -1.57. The van der Waals surface area contributed by atoms with Gasteiger partial charge in [-0.15, -0.1) is 0 Å². The molecule has 7 aromatic heterocycles. The summed E-state index contributed by atoms with van der Waals surface area (Å²) in [7, 11) is 2.69. The number of pyridine rings is 4. The number of aromatic carboxylic acids is 1. The number of carbonyl (C=O) groups excluding carboxylic acids is 2. The molecule has 0 saturated carbocycles. The quantitative estimate of drug-likeness (QED) is 0.0334. The Kier molecular flexibility index (Phi) is 41.6. The number of carboxylic acids is 2. The fourth-order valence-corrected chi connectivity index (χ4v) is 10.1. The van der Waals surface area contributed by atoms with Crippen LogP contribution < -0.4 is 34.1 Å². The van der Waals surface area contributed by atoms with Gasteiger partial charge in [0, 0.05) is 56.0 Å². The molecule has 31 heteroatoms. The van der Waals surface area contributed by atoms with E-state index >= 15 is 0 Å². The molecule has 0 bridgehead atoms. The summed E-state index contributed by atoms with van der Waals surface area (Å²) in [6, 6.07) is 59.2. The Labute approximate surface area is 681 Å². The number of hydrogen-bond donors (Lipinski definition) is 6. The van der Waals surface area contributed by atoms with Gasteiger partial charge in [0.15, 0.2) is 45.3 Å². The minimum atomic E-state index is -1.19. The van der Waals surface area contributed by atoms with Gasteiger partial charge >= 0.3 is 42.7 Å². The van der Waals surface area contributed by atoms with Crippen molar-refractivity contribution in [2.24, 2.45) is 0 Å². The van der Waals surface area contributed by atoms with E-state index in [9.17, 15) is 29.4 Å². The number of oxazole rings is 3. The van der Waals surface area contributed by atoms with Crippen LogP contribution >= 0.6 is 62.3 Å². The Hall–Kier alpha value is -11.6. The SMILES string of the molecule is C.C.C.C.C.C.COC(=O)C(Br)c1ccccc1.COC(=O)C(Oc1ccc(Cl)cc1-c1nc2ncccc2o1)c1ccccc1.Nc1ncccc1O.O=C(O)C(Oc1ccc(Cl)cc1-c1nc2ncccc2o1)c1ccccc1.O=C(O)c1cc(Cl)ccc1O.Oc1ccc(Cl)cc1-c1nc2ncccc2o1.[Li+].[OH-]. The van der Waals surface area contributed by atoms with E-state index in [-0.39, 0.29) is 114 Å². The largest absolute Gasteiger partial charge is 1.00 e. The molecule has 3 unspecified atom stereocenters. The predicted octanol–water partition coefficient (Wildman–Crippen LogP) is 17.9. The van der Waals surface area contributed by atoms with Gasteiger partial charge in [-0.3, -0.25) is 4.79 Å². The number of fused-ring (bicyclic) bond motifs is 3. The second-order valence-corrected chi connectivity index (χ2v) is 23.5. The zero-order valence-electron chi connectivity index (χ0n) is 55.0. The van der Waals surface area contributed by atoms with Gasteiger partial charge in [0.25, 0.3) is 0 Å². The third kappa shape index (κ3) is 26.9. The number of ether oxygens (including phenoxy) is 4. The third-order valence-corrected chi connectivity index (χ3v) is 15.7. The van der Waals surface area contributed by atoms with Crippen molar-refractivity contribution in [1.82, 2.24) is 34.9 Å². The van der Waals surface area contributed by atoms with E-state index in [1.807, 2.05) is 48.5 Å². The number of nitrogens with zero attached hydrogens (tertiary/aromatic N) is 7. The summed E-state index contributed by atoms with van der Waals surface area (Å²) in [6.07, 6.45) is 4.26. The molecule has 0 fully saturated rings.